The summed E-state index contributed by atoms with van der Waals surface area (Å²) < 4.78 is 0. The molecular formula is H2I3K3O2. The fraction of sp³-hybridized carbons (Fsp3) is 0. The third-order valence-electron chi connectivity index (χ3n) is 0. The molecule has 0 amide bonds. The third kappa shape index (κ3) is 38.2. The van der Waals surface area contributed by atoms with E-state index in [4.69, 9.17) is 10.5 Å². The Labute approximate surface area is 228 Å². The molecule has 8 heavy (non-hydrogen) atoms. The summed E-state index contributed by atoms with van der Waals surface area (Å²) in [4.78, 5) is 0. The van der Waals surface area contributed by atoms with Crippen LogP contribution in [0, 0.1) is 0 Å². The van der Waals surface area contributed by atoms with Crippen molar-refractivity contribution < 1.29 is 237 Å². The molecule has 0 saturated carbocycles. The number of hydrogen-bond acceptors (Lipinski definition) is 2. The molecule has 0 atom stereocenters. The van der Waals surface area contributed by atoms with Crippen LogP contribution in [0.5, 0.6) is 0 Å². The fourth-order valence-corrected chi connectivity index (χ4v) is 0. The minimum Gasteiger partial charge on any atom is -1.00 e. The largest absolute Gasteiger partial charge is 1.00 e. The molecule has 0 saturated heterocycles. The predicted molar refractivity (Wildman–Crippen MR) is 5.26 cm³/mol. The monoisotopic (exact) mass is 532 g/mol. The Kier molecular flexibility index (Phi) is 277. The maximum atomic E-state index is 6.00. The van der Waals surface area contributed by atoms with Gasteiger partial charge in [0.2, 0.25) is 0 Å². The molecule has 0 unspecified atom stereocenters. The van der Waals surface area contributed by atoms with Gasteiger partial charge in [-0.05, 0) is 0 Å². The van der Waals surface area contributed by atoms with Gasteiger partial charge in [0.25, 0.3) is 0 Å². The van der Waals surface area contributed by atoms with Crippen LogP contribution in [0.4, 0.5) is 0 Å². The van der Waals surface area contributed by atoms with Gasteiger partial charge in [-0.25, -0.2) is 0 Å². The summed E-state index contributed by atoms with van der Waals surface area (Å²) in [5, 5.41) is 12.0. The number of hydrogen-bond donors (Lipinski definition) is 2. The molecule has 0 bridgehead atoms. The summed E-state index contributed by atoms with van der Waals surface area (Å²) >= 11 is 0. The first-order chi connectivity index (χ1) is 1.00. The molecule has 0 heterocycles. The molecule has 2 N–H and O–H groups in total. The summed E-state index contributed by atoms with van der Waals surface area (Å²) in [6.07, 6.45) is 0. The predicted octanol–water partition coefficient (Wildman–Crippen LogP) is -18.0. The molecule has 2 nitrogen and oxygen atoms in total. The topological polar surface area (TPSA) is 40.5 Å². The van der Waals surface area contributed by atoms with Crippen LogP contribution in [0.15, 0.2) is 0 Å². The van der Waals surface area contributed by atoms with Gasteiger partial charge in [0.1, 0.15) is 0 Å². The Balaban J connectivity index is -0.000000000333. The molecule has 0 aliphatic carbocycles. The molecule has 0 fully saturated rings. The zero-order valence-corrected chi connectivity index (χ0v) is 20.9. The molecule has 0 aliphatic heterocycles. The standard InChI is InChI=1S/3HI.3K.H2O2/c;;;;;;1-2/h3*1H;;;;1-2H/q;;;3*+1;/p-3. The van der Waals surface area contributed by atoms with E-state index in [1.807, 2.05) is 0 Å². The van der Waals surface area contributed by atoms with E-state index >= 15 is 0 Å². The minimum absolute atomic E-state index is 0. The van der Waals surface area contributed by atoms with Crippen molar-refractivity contribution >= 4 is 0 Å². The maximum Gasteiger partial charge on any atom is 1.00 e. The quantitative estimate of drug-likeness (QED) is 0.141. The third-order valence-corrected chi connectivity index (χ3v) is 0. The second-order valence-corrected chi connectivity index (χ2v) is 0. The van der Waals surface area contributed by atoms with E-state index in [0.717, 1.165) is 0 Å². The Hall–Kier alpha value is 7.02. The first kappa shape index (κ1) is 45.9. The van der Waals surface area contributed by atoms with Crippen LogP contribution in [-0.2, 0) is 0 Å². The van der Waals surface area contributed by atoms with Crippen molar-refractivity contribution in [2.45, 2.75) is 0 Å². The first-order valence-corrected chi connectivity index (χ1v) is 0.200. The van der Waals surface area contributed by atoms with Crippen LogP contribution in [0.2, 0.25) is 0 Å². The SMILES string of the molecule is OO.[I-].[I-].[I-].[K+].[K+].[K+]. The van der Waals surface area contributed by atoms with Crippen molar-refractivity contribution in [1.82, 2.24) is 0 Å². The van der Waals surface area contributed by atoms with E-state index in [-0.39, 0.29) is 226 Å². The number of rotatable bonds is 0. The van der Waals surface area contributed by atoms with E-state index in [0.29, 0.717) is 0 Å². The van der Waals surface area contributed by atoms with Crippen LogP contribution in [0.25, 0.3) is 0 Å². The van der Waals surface area contributed by atoms with E-state index in [9.17, 15) is 0 Å². The van der Waals surface area contributed by atoms with Crippen LogP contribution in [0.3, 0.4) is 0 Å². The molecular weight excluding hydrogens is 530 g/mol. The summed E-state index contributed by atoms with van der Waals surface area (Å²) in [5.41, 5.74) is 0. The molecule has 0 aromatic heterocycles. The van der Waals surface area contributed by atoms with Crippen molar-refractivity contribution in [3.63, 3.8) is 0 Å². The molecule has 0 spiro atoms. The van der Waals surface area contributed by atoms with E-state index in [1.54, 1.807) is 0 Å². The van der Waals surface area contributed by atoms with Gasteiger partial charge >= 0.3 is 154 Å². The second-order valence-electron chi connectivity index (χ2n) is 0. The summed E-state index contributed by atoms with van der Waals surface area (Å²) in [6.45, 7) is 0. The van der Waals surface area contributed by atoms with Crippen molar-refractivity contribution in [2.75, 3.05) is 0 Å². The van der Waals surface area contributed by atoms with Crippen molar-refractivity contribution in [2.24, 2.45) is 0 Å². The van der Waals surface area contributed by atoms with Gasteiger partial charge in [0.05, 0.1) is 0 Å². The van der Waals surface area contributed by atoms with Gasteiger partial charge in [-0.15, -0.1) is 0 Å². The Morgan fingerprint density at radius 3 is 0.500 bits per heavy atom. The van der Waals surface area contributed by atoms with Crippen LogP contribution < -0.4 is 226 Å². The minimum atomic E-state index is 0. The van der Waals surface area contributed by atoms with Gasteiger partial charge < -0.3 is 71.9 Å². The fourth-order valence-electron chi connectivity index (χ4n) is 0. The van der Waals surface area contributed by atoms with E-state index in [1.165, 1.54) is 0 Å². The molecule has 8 heteroatoms. The second kappa shape index (κ2) is 48.2. The Bertz CT molecular complexity index is 12.5. The summed E-state index contributed by atoms with van der Waals surface area (Å²) in [7, 11) is 0. The molecule has 0 aliphatic rings. The smallest absolute Gasteiger partial charge is 1.00 e. The average Bonchev–Trinajstić information content (AvgIpc) is 1.00. The van der Waals surface area contributed by atoms with Crippen LogP contribution in [-0.4, -0.2) is 10.5 Å². The summed E-state index contributed by atoms with van der Waals surface area (Å²) in [5.74, 6) is 0. The van der Waals surface area contributed by atoms with Crippen molar-refractivity contribution in [3.05, 3.63) is 0 Å². The van der Waals surface area contributed by atoms with Gasteiger partial charge in [-0.3, -0.25) is 10.5 Å². The Morgan fingerprint density at radius 1 is 0.500 bits per heavy atom. The molecule has 0 aromatic rings. The molecule has 0 rings (SSSR count). The van der Waals surface area contributed by atoms with Gasteiger partial charge in [-0.1, -0.05) is 0 Å². The van der Waals surface area contributed by atoms with Crippen molar-refractivity contribution in [1.29, 1.82) is 0 Å². The first-order valence-electron chi connectivity index (χ1n) is 0.200. The Morgan fingerprint density at radius 2 is 0.500 bits per heavy atom. The normalized spacial score (nSPS) is 0.750. The maximum absolute atomic E-state index is 6.00. The van der Waals surface area contributed by atoms with E-state index in [2.05, 4.69) is 0 Å². The molecule has 0 radical (unpaired) electrons. The van der Waals surface area contributed by atoms with Gasteiger partial charge in [-0.2, -0.15) is 0 Å². The van der Waals surface area contributed by atoms with E-state index < -0.39 is 0 Å². The summed E-state index contributed by atoms with van der Waals surface area (Å²) in [6, 6.07) is 0. The molecule has 38 valence electrons. The molecule has 0 aromatic carbocycles. The van der Waals surface area contributed by atoms with Gasteiger partial charge in [0.15, 0.2) is 0 Å². The zero-order chi connectivity index (χ0) is 2.00. The van der Waals surface area contributed by atoms with Crippen LogP contribution >= 0.6 is 0 Å². The number of halogens is 3. The van der Waals surface area contributed by atoms with Gasteiger partial charge in [0, 0.05) is 0 Å². The van der Waals surface area contributed by atoms with Crippen molar-refractivity contribution in [3.8, 4) is 0 Å². The average molecular weight is 532 g/mol. The van der Waals surface area contributed by atoms with Crippen LogP contribution in [0.1, 0.15) is 0 Å². The zero-order valence-electron chi connectivity index (χ0n) is 5.03.